The topological polar surface area (TPSA) is 99.1 Å². The van der Waals surface area contributed by atoms with Crippen molar-refractivity contribution in [2.75, 3.05) is 16.9 Å². The lowest BCUT2D eigenvalue weighted by Crippen LogP contribution is -2.47. The predicted molar refractivity (Wildman–Crippen MR) is 130 cm³/mol. The third kappa shape index (κ3) is 4.91. The van der Waals surface area contributed by atoms with Crippen molar-refractivity contribution in [1.29, 1.82) is 5.26 Å². The van der Waals surface area contributed by atoms with Crippen molar-refractivity contribution in [3.05, 3.63) is 78.4 Å². The molecule has 3 aromatic carbocycles. The van der Waals surface area contributed by atoms with Crippen LogP contribution in [0, 0.1) is 11.3 Å². The van der Waals surface area contributed by atoms with E-state index in [-0.39, 0.29) is 10.8 Å². The van der Waals surface area contributed by atoms with Gasteiger partial charge >= 0.3 is 0 Å². The van der Waals surface area contributed by atoms with E-state index in [2.05, 4.69) is 16.7 Å². The summed E-state index contributed by atoms with van der Waals surface area (Å²) < 4.78 is 24.3. The van der Waals surface area contributed by atoms with Gasteiger partial charge in [0, 0.05) is 23.2 Å². The molecular weight excluding hydrogens is 434 g/mol. The fourth-order valence-corrected chi connectivity index (χ4v) is 5.25. The van der Waals surface area contributed by atoms with E-state index < -0.39 is 15.4 Å². The molecule has 3 aromatic rings. The van der Waals surface area contributed by atoms with Crippen LogP contribution < -0.4 is 10.6 Å². The Hall–Kier alpha value is -3.63. The minimum atomic E-state index is -3.36. The van der Waals surface area contributed by atoms with Gasteiger partial charge in [0.15, 0.2) is 9.84 Å². The molecule has 33 heavy (non-hydrogen) atoms. The first-order valence-corrected chi connectivity index (χ1v) is 12.7. The van der Waals surface area contributed by atoms with Crippen LogP contribution in [0.5, 0.6) is 0 Å². The first kappa shape index (κ1) is 22.6. The number of amides is 1. The average molecular weight is 460 g/mol. The van der Waals surface area contributed by atoms with Crippen LogP contribution in [0.25, 0.3) is 11.1 Å². The number of carbonyl (C=O) groups is 1. The Balaban J connectivity index is 1.55. The molecule has 0 atom stereocenters. The highest BCUT2D eigenvalue weighted by molar-refractivity contribution is 7.90. The third-order valence-corrected chi connectivity index (χ3v) is 7.16. The van der Waals surface area contributed by atoms with Crippen molar-refractivity contribution in [2.45, 2.75) is 36.1 Å². The lowest BCUT2D eigenvalue weighted by molar-refractivity contribution is -0.120. The zero-order valence-electron chi connectivity index (χ0n) is 18.3. The summed E-state index contributed by atoms with van der Waals surface area (Å²) in [4.78, 5) is 13.6. The van der Waals surface area contributed by atoms with E-state index in [1.165, 1.54) is 6.26 Å². The molecule has 1 aliphatic rings. The van der Waals surface area contributed by atoms with Gasteiger partial charge in [-0.25, -0.2) is 8.42 Å². The molecule has 2 N–H and O–H groups in total. The van der Waals surface area contributed by atoms with E-state index in [4.69, 9.17) is 5.26 Å². The van der Waals surface area contributed by atoms with E-state index in [1.54, 1.807) is 54.6 Å². The van der Waals surface area contributed by atoms with Gasteiger partial charge in [-0.3, -0.25) is 4.79 Å². The predicted octanol–water partition coefficient (Wildman–Crippen LogP) is 4.99. The van der Waals surface area contributed by atoms with E-state index in [9.17, 15) is 13.2 Å². The number of nitrogens with one attached hydrogen (secondary N) is 2. The lowest BCUT2D eigenvalue weighted by Gasteiger charge is -2.30. The average Bonchev–Trinajstić information content (AvgIpc) is 3.29. The quantitative estimate of drug-likeness (QED) is 0.541. The van der Waals surface area contributed by atoms with Crippen molar-refractivity contribution in [3.8, 4) is 17.2 Å². The smallest absolute Gasteiger partial charge is 0.250 e. The van der Waals surface area contributed by atoms with Gasteiger partial charge in [-0.1, -0.05) is 49.2 Å². The second kappa shape index (κ2) is 9.08. The summed E-state index contributed by atoms with van der Waals surface area (Å²) in [6.07, 6.45) is 4.49. The Morgan fingerprint density at radius 3 is 2.30 bits per heavy atom. The van der Waals surface area contributed by atoms with Gasteiger partial charge in [-0.2, -0.15) is 5.26 Å². The molecule has 0 bridgehead atoms. The number of hydrogen-bond acceptors (Lipinski definition) is 5. The molecule has 1 saturated carbocycles. The van der Waals surface area contributed by atoms with Crippen molar-refractivity contribution in [3.63, 3.8) is 0 Å². The van der Waals surface area contributed by atoms with E-state index >= 15 is 0 Å². The van der Waals surface area contributed by atoms with Crippen molar-refractivity contribution >= 4 is 27.1 Å². The van der Waals surface area contributed by atoms with Crippen LogP contribution in [0.4, 0.5) is 11.4 Å². The Bertz CT molecular complexity index is 1320. The Kier molecular flexibility index (Phi) is 6.21. The minimum absolute atomic E-state index is 0.119. The van der Waals surface area contributed by atoms with E-state index in [0.717, 1.165) is 24.1 Å². The summed E-state index contributed by atoms with van der Waals surface area (Å²) in [5.41, 5.74) is 2.58. The van der Waals surface area contributed by atoms with Crippen LogP contribution in [0.1, 0.15) is 31.2 Å². The van der Waals surface area contributed by atoms with Crippen molar-refractivity contribution < 1.29 is 13.2 Å². The largest absolute Gasteiger partial charge is 0.371 e. The first-order valence-electron chi connectivity index (χ1n) is 10.8. The zero-order chi connectivity index (χ0) is 23.5. The highest BCUT2D eigenvalue weighted by Crippen LogP contribution is 2.35. The fraction of sp³-hybridized carbons (Fsp3) is 0.231. The van der Waals surface area contributed by atoms with Gasteiger partial charge < -0.3 is 10.6 Å². The number of benzene rings is 3. The minimum Gasteiger partial charge on any atom is -0.371 e. The summed E-state index contributed by atoms with van der Waals surface area (Å²) in [6.45, 7) is 0. The highest BCUT2D eigenvalue weighted by atomic mass is 32.2. The fourth-order valence-electron chi connectivity index (χ4n) is 4.34. The molecule has 0 spiro atoms. The van der Waals surface area contributed by atoms with Gasteiger partial charge in [0.25, 0.3) is 0 Å². The summed E-state index contributed by atoms with van der Waals surface area (Å²) in [7, 11) is -3.36. The molecule has 0 heterocycles. The molecule has 0 saturated heterocycles. The molecule has 4 rings (SSSR count). The molecule has 0 unspecified atom stereocenters. The van der Waals surface area contributed by atoms with Crippen LogP contribution in [-0.4, -0.2) is 26.1 Å². The molecule has 6 nitrogen and oxygen atoms in total. The Labute approximate surface area is 194 Å². The number of nitriles is 1. The van der Waals surface area contributed by atoms with Crippen LogP contribution in [-0.2, 0) is 14.6 Å². The Morgan fingerprint density at radius 1 is 0.939 bits per heavy atom. The van der Waals surface area contributed by atoms with Gasteiger partial charge in [0.2, 0.25) is 5.91 Å². The maximum Gasteiger partial charge on any atom is 0.250 e. The van der Waals surface area contributed by atoms with Gasteiger partial charge in [0.1, 0.15) is 5.54 Å². The number of nitrogens with zero attached hydrogens (tertiary/aromatic N) is 1. The number of sulfone groups is 1. The molecule has 1 amide bonds. The van der Waals surface area contributed by atoms with Crippen LogP contribution in [0.2, 0.25) is 0 Å². The van der Waals surface area contributed by atoms with Crippen LogP contribution in [0.3, 0.4) is 0 Å². The van der Waals surface area contributed by atoms with Crippen LogP contribution >= 0.6 is 0 Å². The maximum atomic E-state index is 13.3. The third-order valence-electron chi connectivity index (χ3n) is 6.01. The zero-order valence-corrected chi connectivity index (χ0v) is 19.2. The lowest BCUT2D eigenvalue weighted by atomic mass is 9.95. The SMILES string of the molecule is CS(=O)(=O)c1ccccc1-c1ccc(NC(=O)C2(Nc3cccc(C#N)c3)CCCC2)cc1. The van der Waals surface area contributed by atoms with Gasteiger partial charge in [0.05, 0.1) is 16.5 Å². The summed E-state index contributed by atoms with van der Waals surface area (Å²) >= 11 is 0. The summed E-state index contributed by atoms with van der Waals surface area (Å²) in [5.74, 6) is -0.119. The second-order valence-corrected chi connectivity index (χ2v) is 10.4. The molecule has 168 valence electrons. The van der Waals surface area contributed by atoms with E-state index in [1.807, 2.05) is 18.2 Å². The Morgan fingerprint density at radius 2 is 1.64 bits per heavy atom. The molecule has 1 fully saturated rings. The number of rotatable bonds is 6. The highest BCUT2D eigenvalue weighted by Gasteiger charge is 2.41. The molecule has 0 aromatic heterocycles. The number of carbonyl (C=O) groups excluding carboxylic acids is 1. The normalized spacial score (nSPS) is 14.9. The summed E-state index contributed by atoms with van der Waals surface area (Å²) in [5, 5.41) is 15.6. The second-order valence-electron chi connectivity index (χ2n) is 8.41. The van der Waals surface area contributed by atoms with Crippen molar-refractivity contribution in [1.82, 2.24) is 0 Å². The maximum absolute atomic E-state index is 13.3. The molecular formula is C26H25N3O3S. The molecule has 1 aliphatic carbocycles. The van der Waals surface area contributed by atoms with E-state index in [0.29, 0.717) is 29.7 Å². The molecule has 7 heteroatoms. The van der Waals surface area contributed by atoms with Gasteiger partial charge in [-0.15, -0.1) is 0 Å². The van der Waals surface area contributed by atoms with Crippen molar-refractivity contribution in [2.24, 2.45) is 0 Å². The molecule has 0 aliphatic heterocycles. The van der Waals surface area contributed by atoms with Gasteiger partial charge in [-0.05, 0) is 54.8 Å². The number of hydrogen-bond donors (Lipinski definition) is 2. The summed E-state index contributed by atoms with van der Waals surface area (Å²) in [6, 6.07) is 23.3. The monoisotopic (exact) mass is 459 g/mol. The molecule has 0 radical (unpaired) electrons. The number of anilines is 2. The first-order chi connectivity index (χ1) is 15.8. The standard InChI is InChI=1S/C26H25N3O3S/c1-33(31,32)24-10-3-2-9-23(24)20-11-13-21(14-12-20)28-25(30)26(15-4-5-16-26)29-22-8-6-7-19(17-22)18-27/h2-3,6-14,17,29H,4-5,15-16H2,1H3,(H,28,30). The van der Waals surface area contributed by atoms with Crippen LogP contribution in [0.15, 0.2) is 77.7 Å².